The SMILES string of the molecule is CC(=O)O[C@@H]1[C@@H](OC(C)=O)[C@@H](O[C@H]2[C@H](OC(C)=O)[C@@H](OC(C)=O)[C@H](OCc3ccc(Cl)c([N+](=O)[O-])c3)O[C@@H]2COC(=O)c2ccccc2)O[C@@H]2COC(c3ccccc3)O[C@@H]12. The zero-order valence-corrected chi connectivity index (χ0v) is 33.9. The number of esters is 5. The van der Waals surface area contributed by atoms with Crippen molar-refractivity contribution in [3.63, 3.8) is 0 Å². The largest absolute Gasteiger partial charge is 0.459 e. The Hall–Kier alpha value is -5.54. The van der Waals surface area contributed by atoms with Crippen molar-refractivity contribution in [2.45, 2.75) is 102 Å². The van der Waals surface area contributed by atoms with Crippen LogP contribution < -0.4 is 0 Å². The smallest absolute Gasteiger partial charge is 0.338 e. The van der Waals surface area contributed by atoms with Gasteiger partial charge in [0.1, 0.15) is 36.0 Å². The van der Waals surface area contributed by atoms with Crippen LogP contribution in [0.3, 0.4) is 0 Å². The summed E-state index contributed by atoms with van der Waals surface area (Å²) in [6, 6.07) is 20.8. The molecule has 0 radical (unpaired) electrons. The lowest BCUT2D eigenvalue weighted by Gasteiger charge is -2.50. The Morgan fingerprint density at radius 3 is 1.93 bits per heavy atom. The standard InChI is InChI=1S/C41H42ClNO18/c1-21(44)54-34-33(61-41-37(57-24(4)47)35(55-22(2)45)32-31(59-41)20-53-39(60-32)27-13-9-6-10-14-27)30(19-51-38(48)26-11-7-5-8-12-26)58-40(36(34)56-23(3)46)52-18-25-15-16-28(42)29(17-25)43(49)50/h5-17,30-37,39-41H,18-20H2,1-4H3/t30-,31-,32-,33-,34+,35+,36-,37-,39?,40-,41-/m1/s1. The maximum absolute atomic E-state index is 13.2. The van der Waals surface area contributed by atoms with Gasteiger partial charge in [-0.05, 0) is 23.8 Å². The highest BCUT2D eigenvalue weighted by Crippen LogP contribution is 2.39. The van der Waals surface area contributed by atoms with Gasteiger partial charge >= 0.3 is 29.8 Å². The van der Waals surface area contributed by atoms with Gasteiger partial charge < -0.3 is 52.1 Å². The molecule has 3 aliphatic rings. The first-order valence-electron chi connectivity index (χ1n) is 18.9. The Balaban J connectivity index is 1.36. The summed E-state index contributed by atoms with van der Waals surface area (Å²) >= 11 is 6.00. The van der Waals surface area contributed by atoms with E-state index >= 15 is 0 Å². The molecule has 3 aromatic carbocycles. The molecule has 0 bridgehead atoms. The Labute approximate surface area is 353 Å². The minimum atomic E-state index is -1.67. The van der Waals surface area contributed by atoms with Crippen molar-refractivity contribution in [3.8, 4) is 0 Å². The van der Waals surface area contributed by atoms with E-state index in [2.05, 4.69) is 0 Å². The van der Waals surface area contributed by atoms with E-state index in [4.69, 9.17) is 63.7 Å². The van der Waals surface area contributed by atoms with Crippen LogP contribution in [0.5, 0.6) is 0 Å². The molecule has 0 N–H and O–H groups in total. The van der Waals surface area contributed by atoms with E-state index in [1.165, 1.54) is 30.3 Å². The van der Waals surface area contributed by atoms with Gasteiger partial charge in [-0.15, -0.1) is 0 Å². The van der Waals surface area contributed by atoms with Gasteiger partial charge in [0.05, 0.1) is 23.7 Å². The van der Waals surface area contributed by atoms with Gasteiger partial charge in [-0.25, -0.2) is 4.79 Å². The van der Waals surface area contributed by atoms with E-state index in [-0.39, 0.29) is 29.4 Å². The van der Waals surface area contributed by atoms with E-state index in [0.29, 0.717) is 5.56 Å². The normalized spacial score (nSPS) is 28.3. The number of benzene rings is 3. The lowest BCUT2D eigenvalue weighted by molar-refractivity contribution is -0.386. The monoisotopic (exact) mass is 871 g/mol. The molecule has 6 rings (SSSR count). The molecule has 0 aliphatic carbocycles. The minimum absolute atomic E-state index is 0.128. The summed E-state index contributed by atoms with van der Waals surface area (Å²) in [4.78, 5) is 74.9. The van der Waals surface area contributed by atoms with Crippen LogP contribution in [0.15, 0.2) is 78.9 Å². The van der Waals surface area contributed by atoms with Gasteiger partial charge in [0.25, 0.3) is 5.69 Å². The quantitative estimate of drug-likeness (QED) is 0.0951. The maximum atomic E-state index is 13.2. The van der Waals surface area contributed by atoms with E-state index < -0.39 is 115 Å². The summed E-state index contributed by atoms with van der Waals surface area (Å²) < 4.78 is 65.9. The highest BCUT2D eigenvalue weighted by atomic mass is 35.5. The number of halogens is 1. The number of nitro benzene ring substituents is 1. The van der Waals surface area contributed by atoms with Gasteiger partial charge in [-0.1, -0.05) is 66.2 Å². The third-order valence-corrected chi connectivity index (χ3v) is 9.78. The molecule has 1 unspecified atom stereocenters. The Morgan fingerprint density at radius 1 is 0.721 bits per heavy atom. The van der Waals surface area contributed by atoms with Crippen LogP contribution in [0.4, 0.5) is 5.69 Å². The molecule has 19 nitrogen and oxygen atoms in total. The zero-order valence-electron chi connectivity index (χ0n) is 33.2. The molecule has 3 saturated heterocycles. The van der Waals surface area contributed by atoms with Crippen molar-refractivity contribution in [2.24, 2.45) is 0 Å². The predicted octanol–water partition coefficient (Wildman–Crippen LogP) is 4.30. The molecule has 326 valence electrons. The second-order valence-electron chi connectivity index (χ2n) is 14.0. The van der Waals surface area contributed by atoms with Crippen LogP contribution in [0, 0.1) is 10.1 Å². The number of hydrogen-bond donors (Lipinski definition) is 0. The average molecular weight is 872 g/mol. The summed E-state index contributed by atoms with van der Waals surface area (Å²) in [5, 5.41) is 11.5. The van der Waals surface area contributed by atoms with Crippen LogP contribution in [-0.2, 0) is 77.9 Å². The van der Waals surface area contributed by atoms with Crippen LogP contribution in [0.25, 0.3) is 0 Å². The van der Waals surface area contributed by atoms with Crippen LogP contribution in [0.2, 0.25) is 5.02 Å². The minimum Gasteiger partial charge on any atom is -0.459 e. The van der Waals surface area contributed by atoms with Gasteiger partial charge in [-0.3, -0.25) is 29.3 Å². The Kier molecular flexibility index (Phi) is 15.0. The van der Waals surface area contributed by atoms with Gasteiger partial charge in [-0.2, -0.15) is 0 Å². The van der Waals surface area contributed by atoms with E-state index in [0.717, 1.165) is 27.7 Å². The van der Waals surface area contributed by atoms with Crippen molar-refractivity contribution >= 4 is 47.1 Å². The number of carbonyl (C=O) groups excluding carboxylic acids is 5. The zero-order chi connectivity index (χ0) is 43.8. The third-order valence-electron chi connectivity index (χ3n) is 9.46. The number of hydrogen-bond acceptors (Lipinski definition) is 18. The molecule has 0 saturated carbocycles. The maximum Gasteiger partial charge on any atom is 0.338 e. The molecule has 20 heteroatoms. The number of carbonyl (C=O) groups is 5. The predicted molar refractivity (Wildman–Crippen MR) is 204 cm³/mol. The lowest BCUT2D eigenvalue weighted by Crippen LogP contribution is -2.67. The molecule has 3 heterocycles. The summed E-state index contributed by atoms with van der Waals surface area (Å²) in [5.41, 5.74) is 0.667. The van der Waals surface area contributed by atoms with E-state index in [9.17, 15) is 34.1 Å². The topological polar surface area (TPSA) is 230 Å². The Bertz CT molecular complexity index is 2050. The molecule has 11 atom stereocenters. The van der Waals surface area contributed by atoms with Crippen molar-refractivity contribution < 1.29 is 81.0 Å². The number of nitro groups is 1. The number of nitrogens with zero attached hydrogens (tertiary/aromatic N) is 1. The van der Waals surface area contributed by atoms with Crippen LogP contribution in [-0.4, -0.2) is 109 Å². The number of ether oxygens (including phenoxy) is 11. The number of rotatable bonds is 14. The average Bonchev–Trinajstić information content (AvgIpc) is 3.22. The molecule has 3 aromatic rings. The summed E-state index contributed by atoms with van der Waals surface area (Å²) in [7, 11) is 0. The molecule has 61 heavy (non-hydrogen) atoms. The fourth-order valence-corrected chi connectivity index (χ4v) is 7.16. The third kappa shape index (κ3) is 11.4. The fourth-order valence-electron chi connectivity index (χ4n) is 6.97. The summed E-state index contributed by atoms with van der Waals surface area (Å²) in [6.07, 6.45) is -15.5. The molecule has 0 amide bonds. The van der Waals surface area contributed by atoms with Gasteiger partial charge in [0.2, 0.25) is 0 Å². The number of fused-ring (bicyclic) bond motifs is 1. The first kappa shape index (κ1) is 45.0. The summed E-state index contributed by atoms with van der Waals surface area (Å²) in [5.74, 6) is -4.14. The molecular weight excluding hydrogens is 830 g/mol. The highest BCUT2D eigenvalue weighted by Gasteiger charge is 2.58. The molecular formula is C41H42ClNO18. The molecule has 3 aliphatic heterocycles. The van der Waals surface area contributed by atoms with Crippen LogP contribution in [0.1, 0.15) is 55.5 Å². The first-order valence-corrected chi connectivity index (χ1v) is 19.3. The van der Waals surface area contributed by atoms with Crippen molar-refractivity contribution in [1.82, 2.24) is 0 Å². The molecule has 3 fully saturated rings. The second kappa shape index (κ2) is 20.3. The van der Waals surface area contributed by atoms with Crippen LogP contribution >= 0.6 is 11.6 Å². The highest BCUT2D eigenvalue weighted by molar-refractivity contribution is 6.32. The van der Waals surface area contributed by atoms with Crippen molar-refractivity contribution in [1.29, 1.82) is 0 Å². The van der Waals surface area contributed by atoms with Gasteiger partial charge in [0, 0.05) is 39.3 Å². The van der Waals surface area contributed by atoms with E-state index in [1.54, 1.807) is 48.5 Å². The van der Waals surface area contributed by atoms with Crippen molar-refractivity contribution in [3.05, 3.63) is 111 Å². The fraction of sp³-hybridized carbons (Fsp3) is 0.439. The summed E-state index contributed by atoms with van der Waals surface area (Å²) in [6.45, 7) is 3.29. The first-order chi connectivity index (χ1) is 29.2. The van der Waals surface area contributed by atoms with Crippen molar-refractivity contribution in [2.75, 3.05) is 13.2 Å². The Morgan fingerprint density at radius 2 is 1.31 bits per heavy atom. The molecule has 0 aromatic heterocycles. The second-order valence-corrected chi connectivity index (χ2v) is 14.4. The van der Waals surface area contributed by atoms with E-state index in [1.807, 2.05) is 0 Å². The molecule has 0 spiro atoms. The van der Waals surface area contributed by atoms with Gasteiger partial charge in [0.15, 0.2) is 43.3 Å². The lowest BCUT2D eigenvalue weighted by atomic mass is 9.95.